The number of aromatic nitrogens is 4. The van der Waals surface area contributed by atoms with Gasteiger partial charge in [0.15, 0.2) is 0 Å². The third kappa shape index (κ3) is 11.6. The fourth-order valence-electron chi connectivity index (χ4n) is 5.88. The van der Waals surface area contributed by atoms with Crippen LogP contribution in [-0.2, 0) is 9.59 Å². The van der Waals surface area contributed by atoms with E-state index in [0.29, 0.717) is 24.2 Å². The number of H-pyrrole nitrogens is 2. The number of nitrogens with one attached hydrogen (secondary N) is 6. The molecule has 52 heavy (non-hydrogen) atoms. The summed E-state index contributed by atoms with van der Waals surface area (Å²) >= 11 is 0. The van der Waals surface area contributed by atoms with E-state index in [9.17, 15) is 19.2 Å². The molecule has 2 aromatic carbocycles. The Hall–Kier alpha value is -5.26. The Bertz CT molecular complexity index is 1550. The van der Waals surface area contributed by atoms with E-state index in [2.05, 4.69) is 41.2 Å². The molecule has 2 unspecified atom stereocenters. The van der Waals surface area contributed by atoms with Crippen LogP contribution < -0.4 is 21.3 Å². The Morgan fingerprint density at radius 3 is 1.27 bits per heavy atom. The van der Waals surface area contributed by atoms with Gasteiger partial charge < -0.3 is 31.2 Å². The summed E-state index contributed by atoms with van der Waals surface area (Å²) in [7, 11) is 0. The smallest absolute Gasteiger partial charge is 0.251 e. The quantitative estimate of drug-likeness (QED) is 0.0576. The molecule has 0 aliphatic rings. The molecule has 4 aromatic rings. The second-order valence-electron chi connectivity index (χ2n) is 13.5. The third-order valence-corrected chi connectivity index (χ3v) is 9.68. The maximum absolute atomic E-state index is 13.1. The Kier molecular flexibility index (Phi) is 15.6. The average molecular weight is 711 g/mol. The van der Waals surface area contributed by atoms with Gasteiger partial charge in [-0.25, -0.2) is 9.97 Å². The lowest BCUT2D eigenvalue weighted by molar-refractivity contribution is -0.124. The number of benzene rings is 2. The van der Waals surface area contributed by atoms with Crippen LogP contribution >= 0.6 is 0 Å². The number of amides is 4. The number of rotatable bonds is 21. The minimum absolute atomic E-state index is 0.0174. The van der Waals surface area contributed by atoms with Crippen molar-refractivity contribution in [3.05, 3.63) is 84.7 Å². The number of unbranched alkanes of at least 4 members (excludes halogenated alkanes) is 5. The summed E-state index contributed by atoms with van der Waals surface area (Å²) in [6.07, 6.45) is 13.9. The summed E-state index contributed by atoms with van der Waals surface area (Å²) in [5.74, 6) is -0.917. The van der Waals surface area contributed by atoms with E-state index in [1.807, 2.05) is 52.0 Å². The molecular formula is C40H54N8O4. The van der Waals surface area contributed by atoms with Crippen molar-refractivity contribution < 1.29 is 19.2 Å². The largest absolute Gasteiger partial charge is 0.354 e. The van der Waals surface area contributed by atoms with Crippen molar-refractivity contribution in [3.8, 4) is 22.5 Å². The molecule has 0 radical (unpaired) electrons. The highest BCUT2D eigenvalue weighted by Gasteiger charge is 2.27. The zero-order valence-electron chi connectivity index (χ0n) is 30.8. The van der Waals surface area contributed by atoms with Crippen molar-refractivity contribution in [2.75, 3.05) is 13.1 Å². The molecule has 0 aliphatic heterocycles. The van der Waals surface area contributed by atoms with Crippen LogP contribution in [0.1, 0.15) is 99.8 Å². The standard InChI is InChI=1S/C40H54N8O4/c1-5-27(3)35(47-37(49)31-17-13-29(14-18-31)33-23-41-25-45-33)39(51)43-21-11-9-7-8-10-12-22-44-40(52)36(28(4)6-2)48-38(50)32-19-15-30(16-20-32)34-24-42-26-46-34/h13-20,23-28,35-36H,5-12,21-22H2,1-4H3,(H,41,45)(H,42,46)(H,43,51)(H,44,52)(H,47,49)(H,48,50)/t27?,28?,35-,36-/m0/s1. The van der Waals surface area contributed by atoms with Crippen LogP contribution in [0.4, 0.5) is 0 Å². The maximum atomic E-state index is 13.1. The lowest BCUT2D eigenvalue weighted by Crippen LogP contribution is -2.50. The molecular weight excluding hydrogens is 656 g/mol. The van der Waals surface area contributed by atoms with Gasteiger partial charge in [-0.3, -0.25) is 19.2 Å². The van der Waals surface area contributed by atoms with Gasteiger partial charge in [0, 0.05) is 24.2 Å². The lowest BCUT2D eigenvalue weighted by atomic mass is 9.97. The van der Waals surface area contributed by atoms with E-state index in [1.165, 1.54) is 0 Å². The number of hydrogen-bond acceptors (Lipinski definition) is 6. The van der Waals surface area contributed by atoms with Gasteiger partial charge in [-0.1, -0.05) is 90.5 Å². The van der Waals surface area contributed by atoms with Gasteiger partial charge in [0.05, 0.1) is 36.4 Å². The molecule has 6 N–H and O–H groups in total. The first kappa shape index (κ1) is 39.5. The van der Waals surface area contributed by atoms with Gasteiger partial charge in [-0.05, 0) is 60.1 Å². The van der Waals surface area contributed by atoms with Crippen molar-refractivity contribution in [1.82, 2.24) is 41.2 Å². The summed E-state index contributed by atoms with van der Waals surface area (Å²) in [6, 6.07) is 13.2. The van der Waals surface area contributed by atoms with E-state index in [4.69, 9.17) is 0 Å². The van der Waals surface area contributed by atoms with E-state index in [-0.39, 0.29) is 35.5 Å². The molecule has 2 heterocycles. The summed E-state index contributed by atoms with van der Waals surface area (Å²) in [5.41, 5.74) is 4.58. The van der Waals surface area contributed by atoms with E-state index >= 15 is 0 Å². The maximum Gasteiger partial charge on any atom is 0.251 e. The molecule has 2 aromatic heterocycles. The van der Waals surface area contributed by atoms with Gasteiger partial charge in [0.2, 0.25) is 11.8 Å². The molecule has 0 bridgehead atoms. The van der Waals surface area contributed by atoms with Crippen molar-refractivity contribution in [1.29, 1.82) is 0 Å². The monoisotopic (exact) mass is 710 g/mol. The molecule has 0 spiro atoms. The highest BCUT2D eigenvalue weighted by atomic mass is 16.2. The molecule has 4 atom stereocenters. The van der Waals surface area contributed by atoms with Gasteiger partial charge in [-0.15, -0.1) is 0 Å². The number of carbonyl (C=O) groups is 4. The Morgan fingerprint density at radius 2 is 0.942 bits per heavy atom. The number of nitrogens with zero attached hydrogens (tertiary/aromatic N) is 2. The Balaban J connectivity index is 1.10. The van der Waals surface area contributed by atoms with Crippen molar-refractivity contribution in [2.24, 2.45) is 11.8 Å². The van der Waals surface area contributed by atoms with Gasteiger partial charge in [0.25, 0.3) is 11.8 Å². The summed E-state index contributed by atoms with van der Waals surface area (Å²) in [6.45, 7) is 9.06. The van der Waals surface area contributed by atoms with E-state index < -0.39 is 12.1 Å². The van der Waals surface area contributed by atoms with Crippen LogP contribution in [0, 0.1) is 11.8 Å². The van der Waals surface area contributed by atoms with Crippen LogP contribution in [0.3, 0.4) is 0 Å². The first-order chi connectivity index (χ1) is 25.2. The van der Waals surface area contributed by atoms with Gasteiger partial charge in [-0.2, -0.15) is 0 Å². The van der Waals surface area contributed by atoms with Crippen molar-refractivity contribution >= 4 is 23.6 Å². The van der Waals surface area contributed by atoms with E-state index in [1.54, 1.807) is 49.3 Å². The molecule has 0 aliphatic carbocycles. The Morgan fingerprint density at radius 1 is 0.577 bits per heavy atom. The topological polar surface area (TPSA) is 174 Å². The zero-order chi connectivity index (χ0) is 37.3. The highest BCUT2D eigenvalue weighted by Crippen LogP contribution is 2.19. The van der Waals surface area contributed by atoms with E-state index in [0.717, 1.165) is 73.9 Å². The second-order valence-corrected chi connectivity index (χ2v) is 13.5. The summed E-state index contributed by atoms with van der Waals surface area (Å²) in [5, 5.41) is 11.9. The molecule has 4 rings (SSSR count). The predicted molar refractivity (Wildman–Crippen MR) is 203 cm³/mol. The molecule has 0 fully saturated rings. The third-order valence-electron chi connectivity index (χ3n) is 9.68. The van der Waals surface area contributed by atoms with Gasteiger partial charge >= 0.3 is 0 Å². The summed E-state index contributed by atoms with van der Waals surface area (Å²) in [4.78, 5) is 66.3. The second kappa shape index (κ2) is 20.6. The minimum atomic E-state index is -0.618. The molecule has 12 nitrogen and oxygen atoms in total. The van der Waals surface area contributed by atoms with Crippen molar-refractivity contribution in [3.63, 3.8) is 0 Å². The molecule has 12 heteroatoms. The highest BCUT2D eigenvalue weighted by molar-refractivity contribution is 5.98. The van der Waals surface area contributed by atoms with Crippen LogP contribution in [0.2, 0.25) is 0 Å². The fraction of sp³-hybridized carbons (Fsp3) is 0.450. The number of aromatic amines is 2. The fourth-order valence-corrected chi connectivity index (χ4v) is 5.88. The zero-order valence-corrected chi connectivity index (χ0v) is 30.8. The molecule has 4 amide bonds. The summed E-state index contributed by atoms with van der Waals surface area (Å²) < 4.78 is 0. The normalized spacial score (nSPS) is 13.4. The van der Waals surface area contributed by atoms with Crippen LogP contribution in [0.25, 0.3) is 22.5 Å². The number of hydrogen-bond donors (Lipinski definition) is 6. The predicted octanol–water partition coefficient (Wildman–Crippen LogP) is 6.03. The number of carbonyl (C=O) groups excluding carboxylic acids is 4. The molecule has 278 valence electrons. The first-order valence-electron chi connectivity index (χ1n) is 18.6. The average Bonchev–Trinajstić information content (AvgIpc) is 3.92. The molecule has 0 saturated carbocycles. The SMILES string of the molecule is CCC(C)[C@H](NC(=O)c1ccc(-c2cnc[nH]2)cc1)C(=O)NCCCCCCCCNC(=O)[C@@H](NC(=O)c1ccc(-c2cnc[nH]2)cc1)C(C)CC. The van der Waals surface area contributed by atoms with Crippen LogP contribution in [-0.4, -0.2) is 68.7 Å². The number of imidazole rings is 2. The van der Waals surface area contributed by atoms with Crippen LogP contribution in [0.15, 0.2) is 73.6 Å². The van der Waals surface area contributed by atoms with Crippen LogP contribution in [0.5, 0.6) is 0 Å². The van der Waals surface area contributed by atoms with Crippen molar-refractivity contribution in [2.45, 2.75) is 91.1 Å². The minimum Gasteiger partial charge on any atom is -0.354 e. The first-order valence-corrected chi connectivity index (χ1v) is 18.6. The Labute approximate surface area is 306 Å². The lowest BCUT2D eigenvalue weighted by Gasteiger charge is -2.23. The van der Waals surface area contributed by atoms with Gasteiger partial charge in [0.1, 0.15) is 12.1 Å². The molecule has 0 saturated heterocycles.